The van der Waals surface area contributed by atoms with Crippen molar-refractivity contribution in [3.63, 3.8) is 0 Å². The molecule has 23 heavy (non-hydrogen) atoms. The largest absolute Gasteiger partial charge is 0.493 e. The molecule has 0 spiro atoms. The number of benzene rings is 1. The van der Waals surface area contributed by atoms with Crippen molar-refractivity contribution in [2.24, 2.45) is 5.10 Å². The number of nitrogens with one attached hydrogen (secondary N) is 1. The molecule has 0 aliphatic rings. The van der Waals surface area contributed by atoms with Crippen molar-refractivity contribution in [2.75, 3.05) is 21.3 Å². The molecule has 0 saturated heterocycles. The second-order valence-electron chi connectivity index (χ2n) is 4.39. The van der Waals surface area contributed by atoms with Crippen molar-refractivity contribution in [1.29, 1.82) is 0 Å². The Hall–Kier alpha value is -3.09. The third-order valence-corrected chi connectivity index (χ3v) is 3.01. The number of hydrogen-bond acceptors (Lipinski definition) is 6. The Labute approximate surface area is 133 Å². The van der Waals surface area contributed by atoms with E-state index in [4.69, 9.17) is 14.2 Å². The molecule has 120 valence electrons. The standard InChI is InChI=1S/C16H17N3O4/c1-21-13-8-12(9-14(22-2)15(13)23-3)16(20)19-18-10-11-4-6-17-7-5-11/h4-10H,1-3H3,(H,19,20). The van der Waals surface area contributed by atoms with Crippen LogP contribution >= 0.6 is 0 Å². The van der Waals surface area contributed by atoms with E-state index in [9.17, 15) is 4.79 Å². The first kappa shape index (κ1) is 16.3. The second kappa shape index (κ2) is 7.79. The van der Waals surface area contributed by atoms with E-state index in [-0.39, 0.29) is 0 Å². The summed E-state index contributed by atoms with van der Waals surface area (Å²) in [6.07, 6.45) is 4.81. The van der Waals surface area contributed by atoms with Gasteiger partial charge in [-0.2, -0.15) is 5.10 Å². The molecule has 2 aromatic rings. The summed E-state index contributed by atoms with van der Waals surface area (Å²) in [5.74, 6) is 0.826. The molecule has 1 heterocycles. The molecule has 0 bridgehead atoms. The third kappa shape index (κ3) is 3.97. The highest BCUT2D eigenvalue weighted by Gasteiger charge is 2.16. The van der Waals surface area contributed by atoms with Crippen molar-refractivity contribution in [1.82, 2.24) is 10.4 Å². The zero-order valence-electron chi connectivity index (χ0n) is 13.1. The molecule has 7 nitrogen and oxygen atoms in total. The molecule has 0 atom stereocenters. The summed E-state index contributed by atoms with van der Waals surface area (Å²) in [6.45, 7) is 0. The van der Waals surface area contributed by atoms with Crippen LogP contribution in [0, 0.1) is 0 Å². The average molecular weight is 315 g/mol. The van der Waals surface area contributed by atoms with Crippen molar-refractivity contribution in [2.45, 2.75) is 0 Å². The van der Waals surface area contributed by atoms with E-state index in [0.29, 0.717) is 22.8 Å². The van der Waals surface area contributed by atoms with E-state index >= 15 is 0 Å². The number of aromatic nitrogens is 1. The summed E-state index contributed by atoms with van der Waals surface area (Å²) < 4.78 is 15.6. The van der Waals surface area contributed by atoms with E-state index in [1.807, 2.05) is 0 Å². The number of hydrogen-bond donors (Lipinski definition) is 1. The molecular weight excluding hydrogens is 298 g/mol. The van der Waals surface area contributed by atoms with Gasteiger partial charge in [-0.15, -0.1) is 0 Å². The molecule has 0 radical (unpaired) electrons. The Morgan fingerprint density at radius 1 is 1.09 bits per heavy atom. The summed E-state index contributed by atoms with van der Waals surface area (Å²) in [5, 5.41) is 3.91. The van der Waals surface area contributed by atoms with Crippen LogP contribution in [0.1, 0.15) is 15.9 Å². The fraction of sp³-hybridized carbons (Fsp3) is 0.188. The maximum absolute atomic E-state index is 12.2. The van der Waals surface area contributed by atoms with Crippen LogP contribution in [0.4, 0.5) is 0 Å². The number of carbonyl (C=O) groups is 1. The van der Waals surface area contributed by atoms with Crippen LogP contribution in [0.5, 0.6) is 17.2 Å². The lowest BCUT2D eigenvalue weighted by Crippen LogP contribution is -2.18. The molecule has 1 N–H and O–H groups in total. The van der Waals surface area contributed by atoms with Gasteiger partial charge in [0.15, 0.2) is 11.5 Å². The molecule has 7 heteroatoms. The van der Waals surface area contributed by atoms with Crippen LogP contribution in [0.3, 0.4) is 0 Å². The summed E-state index contributed by atoms with van der Waals surface area (Å²) >= 11 is 0. The minimum absolute atomic E-state index is 0.339. The summed E-state index contributed by atoms with van der Waals surface area (Å²) in [4.78, 5) is 16.1. The number of ether oxygens (including phenoxy) is 3. The highest BCUT2D eigenvalue weighted by atomic mass is 16.5. The first-order valence-corrected chi connectivity index (χ1v) is 6.73. The third-order valence-electron chi connectivity index (χ3n) is 3.01. The van der Waals surface area contributed by atoms with Gasteiger partial charge in [-0.1, -0.05) is 0 Å². The van der Waals surface area contributed by atoms with Gasteiger partial charge in [0.1, 0.15) is 0 Å². The fourth-order valence-electron chi connectivity index (χ4n) is 1.89. The lowest BCUT2D eigenvalue weighted by molar-refractivity contribution is 0.0954. The van der Waals surface area contributed by atoms with Crippen LogP contribution in [0.25, 0.3) is 0 Å². The van der Waals surface area contributed by atoms with Crippen LogP contribution in [-0.4, -0.2) is 38.4 Å². The number of pyridine rings is 1. The molecule has 1 amide bonds. The van der Waals surface area contributed by atoms with E-state index in [1.165, 1.54) is 27.5 Å². The van der Waals surface area contributed by atoms with Gasteiger partial charge in [-0.25, -0.2) is 5.43 Å². The highest BCUT2D eigenvalue weighted by Crippen LogP contribution is 2.38. The number of carbonyl (C=O) groups excluding carboxylic acids is 1. The molecule has 1 aromatic heterocycles. The van der Waals surface area contributed by atoms with Gasteiger partial charge in [-0.3, -0.25) is 9.78 Å². The molecule has 0 saturated carbocycles. The Balaban J connectivity index is 2.17. The summed E-state index contributed by atoms with van der Waals surface area (Å²) in [6, 6.07) is 6.65. The van der Waals surface area contributed by atoms with Gasteiger partial charge < -0.3 is 14.2 Å². The van der Waals surface area contributed by atoms with Crippen molar-refractivity contribution in [3.05, 3.63) is 47.8 Å². The van der Waals surface area contributed by atoms with Crippen LogP contribution in [0.15, 0.2) is 41.8 Å². The van der Waals surface area contributed by atoms with Gasteiger partial charge in [0.05, 0.1) is 27.5 Å². The lowest BCUT2D eigenvalue weighted by Gasteiger charge is -2.13. The normalized spacial score (nSPS) is 10.4. The lowest BCUT2D eigenvalue weighted by atomic mass is 10.1. The SMILES string of the molecule is COc1cc(C(=O)NN=Cc2ccncc2)cc(OC)c1OC. The van der Waals surface area contributed by atoms with Crippen LogP contribution in [-0.2, 0) is 0 Å². The maximum Gasteiger partial charge on any atom is 0.271 e. The Morgan fingerprint density at radius 2 is 1.70 bits per heavy atom. The zero-order valence-corrected chi connectivity index (χ0v) is 13.1. The molecule has 0 unspecified atom stereocenters. The Bertz CT molecular complexity index is 677. The van der Waals surface area contributed by atoms with E-state index in [2.05, 4.69) is 15.5 Å². The first-order valence-electron chi connectivity index (χ1n) is 6.73. The number of hydrazone groups is 1. The van der Waals surface area contributed by atoms with Gasteiger partial charge >= 0.3 is 0 Å². The summed E-state index contributed by atoms with van der Waals surface area (Å²) in [7, 11) is 4.47. The Kier molecular flexibility index (Phi) is 5.51. The average Bonchev–Trinajstić information content (AvgIpc) is 2.61. The predicted octanol–water partition coefficient (Wildman–Crippen LogP) is 1.87. The number of amides is 1. The van der Waals surface area contributed by atoms with Crippen molar-refractivity contribution >= 4 is 12.1 Å². The molecule has 2 rings (SSSR count). The van der Waals surface area contributed by atoms with Gasteiger partial charge in [-0.05, 0) is 29.8 Å². The number of methoxy groups -OCH3 is 3. The van der Waals surface area contributed by atoms with Crippen LogP contribution in [0.2, 0.25) is 0 Å². The number of nitrogens with zero attached hydrogens (tertiary/aromatic N) is 2. The van der Waals surface area contributed by atoms with E-state index in [1.54, 1.807) is 36.7 Å². The van der Waals surface area contributed by atoms with Gasteiger partial charge in [0, 0.05) is 18.0 Å². The monoisotopic (exact) mass is 315 g/mol. The first-order chi connectivity index (χ1) is 11.2. The molecule has 0 fully saturated rings. The van der Waals surface area contributed by atoms with E-state index in [0.717, 1.165) is 5.56 Å². The van der Waals surface area contributed by atoms with E-state index < -0.39 is 5.91 Å². The second-order valence-corrected chi connectivity index (χ2v) is 4.39. The predicted molar refractivity (Wildman–Crippen MR) is 85.4 cm³/mol. The maximum atomic E-state index is 12.2. The smallest absolute Gasteiger partial charge is 0.271 e. The fourth-order valence-corrected chi connectivity index (χ4v) is 1.89. The highest BCUT2D eigenvalue weighted by molar-refractivity contribution is 5.96. The minimum atomic E-state index is -0.394. The quantitative estimate of drug-likeness (QED) is 0.650. The molecule has 0 aliphatic carbocycles. The minimum Gasteiger partial charge on any atom is -0.493 e. The Morgan fingerprint density at radius 3 is 2.22 bits per heavy atom. The summed E-state index contributed by atoms with van der Waals surface area (Å²) in [5.41, 5.74) is 3.61. The molecular formula is C16H17N3O4. The van der Waals surface area contributed by atoms with Gasteiger partial charge in [0.2, 0.25) is 5.75 Å². The molecule has 1 aromatic carbocycles. The van der Waals surface area contributed by atoms with Crippen molar-refractivity contribution in [3.8, 4) is 17.2 Å². The van der Waals surface area contributed by atoms with Crippen LogP contribution < -0.4 is 19.6 Å². The number of rotatable bonds is 6. The van der Waals surface area contributed by atoms with Gasteiger partial charge in [0.25, 0.3) is 5.91 Å². The van der Waals surface area contributed by atoms with Crippen molar-refractivity contribution < 1.29 is 19.0 Å². The zero-order chi connectivity index (χ0) is 16.7. The topological polar surface area (TPSA) is 82.0 Å². The molecule has 0 aliphatic heterocycles.